The summed E-state index contributed by atoms with van der Waals surface area (Å²) in [5, 5.41) is 6.64. The molecule has 33 heavy (non-hydrogen) atoms. The quantitative estimate of drug-likeness (QED) is 0.112. The van der Waals surface area contributed by atoms with Gasteiger partial charge < -0.3 is 63.3 Å². The number of thioether (sulfide) groups is 1. The summed E-state index contributed by atoms with van der Waals surface area (Å²) < 4.78 is 10.1. The van der Waals surface area contributed by atoms with Gasteiger partial charge in [0.15, 0.2) is 31.3 Å². The minimum absolute atomic E-state index is 0. The van der Waals surface area contributed by atoms with Gasteiger partial charge >= 0.3 is 6.03 Å². The minimum atomic E-state index is 0. The van der Waals surface area contributed by atoms with Crippen molar-refractivity contribution in [3.05, 3.63) is 49.1 Å². The van der Waals surface area contributed by atoms with Crippen molar-refractivity contribution in [3.8, 4) is 11.1 Å². The normalized spacial score (nSPS) is 20.9. The van der Waals surface area contributed by atoms with E-state index in [9.17, 15) is 4.79 Å². The summed E-state index contributed by atoms with van der Waals surface area (Å²) in [7, 11) is 2.03. The van der Waals surface area contributed by atoms with Crippen molar-refractivity contribution in [1.29, 1.82) is 0 Å². The van der Waals surface area contributed by atoms with Crippen molar-refractivity contribution in [2.24, 2.45) is 7.05 Å². The standard InChI is InChI=1S/C24H33N4O2S.2HI/c1-27-12-7-19(8-13-27)20-9-14-28(15-10-20)11-5-17-30-16-4-2-3-6-22-23-21(18-31-22)25-24(29)26-23;;/h7-10,12-15,21-23H,2-6,11,16-18H2,1H3,(H-,25,26,29);2*1H/q+1;;/p-1. The Balaban J connectivity index is 0.00000193. The molecule has 3 atom stereocenters. The molecule has 4 heterocycles. The van der Waals surface area contributed by atoms with Gasteiger partial charge in [-0.2, -0.15) is 11.8 Å². The van der Waals surface area contributed by atoms with E-state index in [4.69, 9.17) is 4.74 Å². The fourth-order valence-corrected chi connectivity index (χ4v) is 5.86. The molecule has 0 radical (unpaired) electrons. The number of aromatic nitrogens is 2. The third-order valence-electron chi connectivity index (χ3n) is 6.12. The fourth-order valence-electron chi connectivity index (χ4n) is 4.31. The van der Waals surface area contributed by atoms with Crippen molar-refractivity contribution in [1.82, 2.24) is 10.6 Å². The number of halogens is 2. The van der Waals surface area contributed by atoms with E-state index in [0.717, 1.165) is 38.4 Å². The number of amides is 2. The van der Waals surface area contributed by atoms with E-state index in [0.29, 0.717) is 17.3 Å². The number of pyridine rings is 2. The Morgan fingerprint density at radius 3 is 2.33 bits per heavy atom. The number of hydrogen-bond acceptors (Lipinski definition) is 3. The number of aryl methyl sites for hydroxylation is 2. The van der Waals surface area contributed by atoms with Gasteiger partial charge in [-0.1, -0.05) is 12.8 Å². The monoisotopic (exact) mass is 696 g/mol. The zero-order valence-electron chi connectivity index (χ0n) is 19.1. The van der Waals surface area contributed by atoms with Crippen molar-refractivity contribution < 1.29 is 66.6 Å². The lowest BCUT2D eigenvalue weighted by Crippen LogP contribution is -3.00. The van der Waals surface area contributed by atoms with Gasteiger partial charge in [0.1, 0.15) is 7.05 Å². The van der Waals surface area contributed by atoms with Crippen LogP contribution in [-0.2, 0) is 18.3 Å². The van der Waals surface area contributed by atoms with E-state index in [1.165, 1.54) is 30.4 Å². The smallest absolute Gasteiger partial charge is 0.315 e. The number of nitrogens with one attached hydrogen (secondary N) is 2. The molecule has 9 heteroatoms. The van der Waals surface area contributed by atoms with E-state index < -0.39 is 0 Å². The van der Waals surface area contributed by atoms with Gasteiger partial charge in [-0.05, 0) is 24.0 Å². The number of carbonyl (C=O) groups is 1. The lowest BCUT2D eigenvalue weighted by atomic mass is 10.0. The lowest BCUT2D eigenvalue weighted by molar-refractivity contribution is -0.697. The zero-order chi connectivity index (χ0) is 21.5. The van der Waals surface area contributed by atoms with Gasteiger partial charge in [-0.3, -0.25) is 0 Å². The molecule has 2 aliphatic heterocycles. The highest BCUT2D eigenvalue weighted by Gasteiger charge is 2.42. The largest absolute Gasteiger partial charge is 1.00 e. The number of nitrogens with zero attached hydrogens (tertiary/aromatic N) is 2. The Kier molecular flexibility index (Phi) is 12.7. The summed E-state index contributed by atoms with van der Waals surface area (Å²) in [6.07, 6.45) is 14.2. The number of carbonyl (C=O) groups excluding carboxylic acids is 1. The van der Waals surface area contributed by atoms with Crippen LogP contribution in [0.4, 0.5) is 4.79 Å². The van der Waals surface area contributed by atoms with Gasteiger partial charge in [0.25, 0.3) is 0 Å². The first kappa shape index (κ1) is 28.6. The van der Waals surface area contributed by atoms with Crippen LogP contribution in [0.2, 0.25) is 0 Å². The van der Waals surface area contributed by atoms with Crippen molar-refractivity contribution >= 4 is 17.8 Å². The highest BCUT2D eigenvalue weighted by molar-refractivity contribution is 8.00. The van der Waals surface area contributed by atoms with Gasteiger partial charge in [0.05, 0.1) is 18.7 Å². The van der Waals surface area contributed by atoms with Crippen LogP contribution >= 0.6 is 11.8 Å². The summed E-state index contributed by atoms with van der Waals surface area (Å²) in [5.74, 6) is 1.04. The van der Waals surface area contributed by atoms with Gasteiger partial charge in [-0.25, -0.2) is 13.9 Å². The highest BCUT2D eigenvalue weighted by atomic mass is 127. The molecule has 2 fully saturated rings. The minimum Gasteiger partial charge on any atom is -1.00 e. The first-order valence-corrected chi connectivity index (χ1v) is 12.4. The van der Waals surface area contributed by atoms with Crippen LogP contribution < -0.4 is 67.7 Å². The molecule has 2 aromatic heterocycles. The molecule has 6 nitrogen and oxygen atoms in total. The number of hydrogen-bond donors (Lipinski definition) is 2. The number of ether oxygens (including phenoxy) is 1. The second-order valence-electron chi connectivity index (χ2n) is 8.51. The van der Waals surface area contributed by atoms with Crippen LogP contribution in [-0.4, -0.2) is 42.3 Å². The molecule has 4 rings (SSSR count). The van der Waals surface area contributed by atoms with Crippen LogP contribution in [0.1, 0.15) is 32.1 Å². The molecule has 182 valence electrons. The Bertz CT molecular complexity index is 855. The summed E-state index contributed by atoms with van der Waals surface area (Å²) in [4.78, 5) is 11.4. The second-order valence-corrected chi connectivity index (χ2v) is 9.79. The first-order valence-electron chi connectivity index (χ1n) is 11.4. The number of urea groups is 1. The molecular weight excluding hydrogens is 662 g/mol. The topological polar surface area (TPSA) is 58.1 Å². The van der Waals surface area contributed by atoms with Crippen molar-refractivity contribution in [2.75, 3.05) is 19.0 Å². The number of fused-ring (bicyclic) bond motifs is 1. The average Bonchev–Trinajstić information content (AvgIpc) is 3.33. The Hall–Kier alpha value is -0.660. The van der Waals surface area contributed by atoms with Crippen LogP contribution in [0.3, 0.4) is 0 Å². The number of unbranched alkanes of at least 4 members (excludes halogenated alkanes) is 2. The van der Waals surface area contributed by atoms with Crippen molar-refractivity contribution in [2.45, 2.75) is 56.0 Å². The fraction of sp³-hybridized carbons (Fsp3) is 0.542. The summed E-state index contributed by atoms with van der Waals surface area (Å²) in [5.41, 5.74) is 2.48. The third kappa shape index (κ3) is 8.50. The molecule has 2 saturated heterocycles. The predicted molar refractivity (Wildman–Crippen MR) is 123 cm³/mol. The molecule has 2 amide bonds. The van der Waals surface area contributed by atoms with Crippen LogP contribution in [0, 0.1) is 0 Å². The van der Waals surface area contributed by atoms with E-state index in [1.807, 2.05) is 23.4 Å². The van der Waals surface area contributed by atoms with E-state index in [2.05, 4.69) is 64.3 Å². The molecule has 3 unspecified atom stereocenters. The maximum absolute atomic E-state index is 11.4. The van der Waals surface area contributed by atoms with Gasteiger partial charge in [0.2, 0.25) is 0 Å². The van der Waals surface area contributed by atoms with Gasteiger partial charge in [-0.15, -0.1) is 0 Å². The molecule has 2 aromatic rings. The second kappa shape index (κ2) is 14.7. The molecule has 2 N–H and O–H groups in total. The molecular formula is C24H34I2N4O2S. The summed E-state index contributed by atoms with van der Waals surface area (Å²) in [6.45, 7) is 2.63. The van der Waals surface area contributed by atoms with E-state index in [1.54, 1.807) is 0 Å². The molecule has 0 aromatic carbocycles. The van der Waals surface area contributed by atoms with Gasteiger partial charge in [0, 0.05) is 48.3 Å². The average molecular weight is 696 g/mol. The van der Waals surface area contributed by atoms with E-state index in [-0.39, 0.29) is 54.0 Å². The van der Waals surface area contributed by atoms with Crippen LogP contribution in [0.5, 0.6) is 0 Å². The Morgan fingerprint density at radius 2 is 1.61 bits per heavy atom. The third-order valence-corrected chi connectivity index (χ3v) is 7.63. The maximum Gasteiger partial charge on any atom is 0.315 e. The lowest BCUT2D eigenvalue weighted by Gasteiger charge is -2.16. The maximum atomic E-state index is 11.4. The highest BCUT2D eigenvalue weighted by Crippen LogP contribution is 2.33. The number of rotatable bonds is 11. The Morgan fingerprint density at radius 1 is 0.939 bits per heavy atom. The summed E-state index contributed by atoms with van der Waals surface area (Å²) in [6, 6.07) is 9.30. The molecule has 2 aliphatic rings. The first-order chi connectivity index (χ1) is 15.2. The molecule has 0 spiro atoms. The van der Waals surface area contributed by atoms with Crippen molar-refractivity contribution in [3.63, 3.8) is 0 Å². The van der Waals surface area contributed by atoms with Crippen LogP contribution in [0.25, 0.3) is 11.1 Å². The SMILES string of the molecule is C[n+]1ccc(-c2cc[n+](CCCOCCCCCC3SCC4NC(=O)NC43)cc2)cc1.[I-].[I-]. The molecule has 0 bridgehead atoms. The molecule has 0 saturated carbocycles. The Labute approximate surface area is 235 Å². The van der Waals surface area contributed by atoms with Crippen LogP contribution in [0.15, 0.2) is 49.1 Å². The zero-order valence-corrected chi connectivity index (χ0v) is 24.2. The summed E-state index contributed by atoms with van der Waals surface area (Å²) >= 11 is 2.00. The molecule has 0 aliphatic carbocycles. The predicted octanol–water partition coefficient (Wildman–Crippen LogP) is -3.39. The van der Waals surface area contributed by atoms with E-state index >= 15 is 0 Å².